The third-order valence-electron chi connectivity index (χ3n) is 1.98. The number of nitrogens with one attached hydrogen (secondary N) is 1. The van der Waals surface area contributed by atoms with Crippen LogP contribution < -0.4 is 11.1 Å². The Balaban J connectivity index is 3.75. The zero-order valence-corrected chi connectivity index (χ0v) is 10.4. The normalized spacial score (nSPS) is 11.1. The molecule has 0 bridgehead atoms. The summed E-state index contributed by atoms with van der Waals surface area (Å²) in [6.45, 7) is 6.92. The van der Waals surface area contributed by atoms with Crippen molar-refractivity contribution in [2.24, 2.45) is 11.1 Å². The molecule has 0 aromatic carbocycles. The zero-order chi connectivity index (χ0) is 11.9. The molecule has 0 fully saturated rings. The molecule has 0 aromatic rings. The molecule has 3 N–H and O–H groups in total. The second-order valence-electron chi connectivity index (χ2n) is 4.08. The summed E-state index contributed by atoms with van der Waals surface area (Å²) in [6, 6.07) is 0. The monoisotopic (exact) mass is 232 g/mol. The van der Waals surface area contributed by atoms with E-state index in [0.717, 1.165) is 6.42 Å². The van der Waals surface area contributed by atoms with Crippen molar-refractivity contribution in [2.45, 2.75) is 27.2 Å². The first-order chi connectivity index (χ1) is 6.90. The van der Waals surface area contributed by atoms with Crippen molar-refractivity contribution in [1.29, 1.82) is 0 Å². The highest BCUT2D eigenvalue weighted by molar-refractivity contribution is 7.80. The van der Waals surface area contributed by atoms with E-state index in [4.69, 9.17) is 22.7 Å². The van der Waals surface area contributed by atoms with Gasteiger partial charge < -0.3 is 15.8 Å². The molecule has 4 nitrogen and oxygen atoms in total. The van der Waals surface area contributed by atoms with E-state index in [2.05, 4.69) is 5.32 Å². The number of hydrogen-bond donors (Lipinski definition) is 2. The summed E-state index contributed by atoms with van der Waals surface area (Å²) in [5.41, 5.74) is 5.18. The van der Waals surface area contributed by atoms with Gasteiger partial charge in [0.05, 0.1) is 4.99 Å². The topological polar surface area (TPSA) is 64.3 Å². The highest BCUT2D eigenvalue weighted by atomic mass is 32.1. The van der Waals surface area contributed by atoms with Gasteiger partial charge in [0, 0.05) is 18.6 Å². The van der Waals surface area contributed by atoms with Gasteiger partial charge in [-0.1, -0.05) is 33.0 Å². The maximum absolute atomic E-state index is 11.3. The van der Waals surface area contributed by atoms with Crippen LogP contribution in [0.15, 0.2) is 0 Å². The molecular formula is C10H20N2O2S. The summed E-state index contributed by atoms with van der Waals surface area (Å²) in [5.74, 6) is -0.132. The van der Waals surface area contributed by atoms with E-state index in [9.17, 15) is 4.79 Å². The van der Waals surface area contributed by atoms with Crippen molar-refractivity contribution in [3.63, 3.8) is 0 Å². The molecule has 5 heteroatoms. The molecule has 0 atom stereocenters. The molecule has 0 aliphatic heterocycles. The zero-order valence-electron chi connectivity index (χ0n) is 9.63. The lowest BCUT2D eigenvalue weighted by molar-refractivity contribution is -0.125. The summed E-state index contributed by atoms with van der Waals surface area (Å²) < 4.78 is 5.09. The Hall–Kier alpha value is -0.680. The van der Waals surface area contributed by atoms with Gasteiger partial charge in [-0.05, 0) is 6.42 Å². The number of carbonyl (C=O) groups excluding carboxylic acids is 1. The first-order valence-electron chi connectivity index (χ1n) is 5.04. The number of ether oxygens (including phenoxy) is 1. The molecule has 0 unspecified atom stereocenters. The molecule has 15 heavy (non-hydrogen) atoms. The predicted molar refractivity (Wildman–Crippen MR) is 64.7 cm³/mol. The van der Waals surface area contributed by atoms with Crippen LogP contribution in [-0.2, 0) is 9.53 Å². The summed E-state index contributed by atoms with van der Waals surface area (Å²) in [6.07, 6.45) is 0.908. The van der Waals surface area contributed by atoms with E-state index in [0.29, 0.717) is 18.1 Å². The highest BCUT2D eigenvalue weighted by Gasteiger charge is 2.21. The van der Waals surface area contributed by atoms with E-state index in [1.807, 2.05) is 20.8 Å². The molecule has 0 heterocycles. The van der Waals surface area contributed by atoms with Gasteiger partial charge >= 0.3 is 0 Å². The second-order valence-corrected chi connectivity index (χ2v) is 4.52. The van der Waals surface area contributed by atoms with Gasteiger partial charge in [0.2, 0.25) is 5.91 Å². The largest absolute Gasteiger partial charge is 0.393 e. The minimum Gasteiger partial charge on any atom is -0.393 e. The van der Waals surface area contributed by atoms with Crippen LogP contribution >= 0.6 is 12.2 Å². The van der Waals surface area contributed by atoms with Crippen molar-refractivity contribution in [3.05, 3.63) is 0 Å². The SMILES string of the molecule is CCCOCC(=O)NCC(C)(C)C(N)=S. The molecule has 0 aromatic heterocycles. The van der Waals surface area contributed by atoms with Crippen LogP contribution in [0.1, 0.15) is 27.2 Å². The van der Waals surface area contributed by atoms with Gasteiger partial charge in [0.25, 0.3) is 0 Å². The van der Waals surface area contributed by atoms with E-state index in [-0.39, 0.29) is 17.9 Å². The van der Waals surface area contributed by atoms with Gasteiger partial charge in [-0.3, -0.25) is 4.79 Å². The molecule has 88 valence electrons. The fourth-order valence-corrected chi connectivity index (χ4v) is 0.839. The van der Waals surface area contributed by atoms with E-state index < -0.39 is 0 Å². The van der Waals surface area contributed by atoms with Gasteiger partial charge in [-0.25, -0.2) is 0 Å². The third kappa shape index (κ3) is 6.41. The van der Waals surface area contributed by atoms with E-state index in [1.165, 1.54) is 0 Å². The number of rotatable bonds is 7. The summed E-state index contributed by atoms with van der Waals surface area (Å²) in [7, 11) is 0. The van der Waals surface area contributed by atoms with E-state index >= 15 is 0 Å². The quantitative estimate of drug-likeness (QED) is 0.504. The summed E-state index contributed by atoms with van der Waals surface area (Å²) >= 11 is 4.89. The number of nitrogens with two attached hydrogens (primary N) is 1. The van der Waals surface area contributed by atoms with Crippen LogP contribution in [-0.4, -0.2) is 30.7 Å². The first kappa shape index (κ1) is 14.3. The van der Waals surface area contributed by atoms with Gasteiger partial charge in [-0.2, -0.15) is 0 Å². The second kappa shape index (κ2) is 6.74. The Kier molecular flexibility index (Phi) is 6.43. The maximum atomic E-state index is 11.3. The van der Waals surface area contributed by atoms with Gasteiger partial charge in [0.1, 0.15) is 6.61 Å². The Morgan fingerprint density at radius 1 is 1.53 bits per heavy atom. The molecule has 0 radical (unpaired) electrons. The number of amides is 1. The van der Waals surface area contributed by atoms with Crippen LogP contribution in [0, 0.1) is 5.41 Å². The number of thiocarbonyl (C=S) groups is 1. The lowest BCUT2D eigenvalue weighted by Crippen LogP contribution is -2.42. The third-order valence-corrected chi connectivity index (χ3v) is 2.53. The maximum Gasteiger partial charge on any atom is 0.246 e. The fraction of sp³-hybridized carbons (Fsp3) is 0.800. The molecule has 0 aliphatic carbocycles. The lowest BCUT2D eigenvalue weighted by Gasteiger charge is -2.23. The van der Waals surface area contributed by atoms with Crippen molar-refractivity contribution >= 4 is 23.1 Å². The van der Waals surface area contributed by atoms with Crippen LogP contribution in [0.2, 0.25) is 0 Å². The first-order valence-corrected chi connectivity index (χ1v) is 5.45. The Labute approximate surface area is 96.5 Å². The minimum atomic E-state index is -0.351. The van der Waals surface area contributed by atoms with Crippen LogP contribution in [0.4, 0.5) is 0 Å². The van der Waals surface area contributed by atoms with Crippen molar-refractivity contribution < 1.29 is 9.53 Å². The average molecular weight is 232 g/mol. The number of hydrogen-bond acceptors (Lipinski definition) is 3. The Morgan fingerprint density at radius 3 is 2.60 bits per heavy atom. The van der Waals surface area contributed by atoms with Crippen molar-refractivity contribution in [2.75, 3.05) is 19.8 Å². The van der Waals surface area contributed by atoms with Crippen LogP contribution in [0.25, 0.3) is 0 Å². The lowest BCUT2D eigenvalue weighted by atomic mass is 9.94. The van der Waals surface area contributed by atoms with Gasteiger partial charge in [0.15, 0.2) is 0 Å². The molecule has 0 saturated heterocycles. The molecule has 0 saturated carbocycles. The highest BCUT2D eigenvalue weighted by Crippen LogP contribution is 2.13. The molecular weight excluding hydrogens is 212 g/mol. The Morgan fingerprint density at radius 2 is 2.13 bits per heavy atom. The van der Waals surface area contributed by atoms with Crippen molar-refractivity contribution in [1.82, 2.24) is 5.32 Å². The minimum absolute atomic E-state index is 0.0985. The van der Waals surface area contributed by atoms with Crippen molar-refractivity contribution in [3.8, 4) is 0 Å². The Bertz CT molecular complexity index is 229. The van der Waals surface area contributed by atoms with Crippen LogP contribution in [0.5, 0.6) is 0 Å². The van der Waals surface area contributed by atoms with Crippen LogP contribution in [0.3, 0.4) is 0 Å². The average Bonchev–Trinajstić information content (AvgIpc) is 2.15. The predicted octanol–water partition coefficient (Wildman–Crippen LogP) is 0.841. The van der Waals surface area contributed by atoms with E-state index in [1.54, 1.807) is 0 Å². The molecule has 1 amide bonds. The smallest absolute Gasteiger partial charge is 0.246 e. The fourth-order valence-electron chi connectivity index (χ4n) is 0.767. The number of carbonyl (C=O) groups is 1. The molecule has 0 spiro atoms. The standard InChI is InChI=1S/C10H20N2O2S/c1-4-5-14-6-8(13)12-7-10(2,3)9(11)15/h4-7H2,1-3H3,(H2,11,15)(H,12,13). The summed E-state index contributed by atoms with van der Waals surface area (Å²) in [5, 5.41) is 2.73. The molecule has 0 aliphatic rings. The molecule has 0 rings (SSSR count). The summed E-state index contributed by atoms with van der Waals surface area (Å²) in [4.78, 5) is 11.7. The van der Waals surface area contributed by atoms with Gasteiger partial charge in [-0.15, -0.1) is 0 Å².